The Morgan fingerprint density at radius 3 is 1.82 bits per heavy atom. The van der Waals surface area contributed by atoms with Crippen LogP contribution in [0.4, 0.5) is 0 Å². The monoisotopic (exact) mass is 694 g/mol. The van der Waals surface area contributed by atoms with E-state index in [1.807, 2.05) is 0 Å². The molecule has 1 saturated heterocycles. The van der Waals surface area contributed by atoms with Crippen LogP contribution in [-0.2, 0) is 19.2 Å². The van der Waals surface area contributed by atoms with Crippen LogP contribution in [-0.4, -0.2) is 98.4 Å². The number of aliphatic imine (C=N–C) groups is 2. The van der Waals surface area contributed by atoms with Crippen LogP contribution in [0.3, 0.4) is 0 Å². The van der Waals surface area contributed by atoms with E-state index in [4.69, 9.17) is 22.9 Å². The van der Waals surface area contributed by atoms with E-state index in [-0.39, 0.29) is 55.8 Å². The van der Waals surface area contributed by atoms with Gasteiger partial charge in [-0.2, -0.15) is 0 Å². The predicted molar refractivity (Wildman–Crippen MR) is 184 cm³/mol. The van der Waals surface area contributed by atoms with Crippen molar-refractivity contribution in [1.29, 1.82) is 0 Å². The highest BCUT2D eigenvalue weighted by Crippen LogP contribution is 2.45. The lowest BCUT2D eigenvalue weighted by Gasteiger charge is -2.36. The van der Waals surface area contributed by atoms with Crippen molar-refractivity contribution in [1.82, 2.24) is 20.9 Å². The van der Waals surface area contributed by atoms with Gasteiger partial charge < -0.3 is 59.3 Å². The van der Waals surface area contributed by atoms with E-state index < -0.39 is 54.0 Å². The first-order valence-corrected chi connectivity index (χ1v) is 15.3. The number of phenolic OH excluding ortho intramolecular Hbond substituents is 2. The van der Waals surface area contributed by atoms with Gasteiger partial charge in [-0.1, -0.05) is 24.3 Å². The maximum absolute atomic E-state index is 13.9. The van der Waals surface area contributed by atoms with Crippen LogP contribution < -0.4 is 38.9 Å². The second-order valence-corrected chi connectivity index (χ2v) is 11.3. The van der Waals surface area contributed by atoms with E-state index in [9.17, 15) is 39.6 Å². The zero-order valence-electron chi connectivity index (χ0n) is 27.0. The maximum atomic E-state index is 13.9. The number of likely N-dealkylation sites (tertiary alicyclic amines) is 1. The van der Waals surface area contributed by atoms with Crippen molar-refractivity contribution >= 4 is 47.7 Å². The number of nitrogens with zero attached hydrogens (tertiary/aromatic N) is 3. The van der Waals surface area contributed by atoms with Gasteiger partial charge in [0.05, 0.1) is 12.5 Å². The Bertz CT molecular complexity index is 1640. The van der Waals surface area contributed by atoms with E-state index in [0.717, 1.165) is 0 Å². The number of amides is 4. The molecule has 3 rings (SSSR count). The summed E-state index contributed by atoms with van der Waals surface area (Å²) in [7, 11) is 0. The molecule has 1 aliphatic rings. The first-order chi connectivity index (χ1) is 23.7. The number of carbonyl (C=O) groups is 4. The number of hydrogen-bond donors (Lipinski definition) is 11. The Hall–Kier alpha value is -6.14. The SMILES string of the molecule is NC(N)=NCCC[C@]1(O)C(=O)N(CC(=O)N/C=C/c2ccc(O)cc2)[C@](O)(C(=O)NCC(=O)N/C=C/c2ccc(O)cc2)[C@H]1CCN=C(N)N. The zero-order valence-corrected chi connectivity index (χ0v) is 27.0. The van der Waals surface area contributed by atoms with Gasteiger partial charge in [0.15, 0.2) is 17.5 Å². The molecule has 0 aliphatic carbocycles. The van der Waals surface area contributed by atoms with Gasteiger partial charge in [-0.25, -0.2) is 0 Å². The highest BCUT2D eigenvalue weighted by molar-refractivity contribution is 6.01. The summed E-state index contributed by atoms with van der Waals surface area (Å²) in [4.78, 5) is 61.6. The molecule has 18 heteroatoms. The molecule has 0 saturated carbocycles. The van der Waals surface area contributed by atoms with E-state index in [2.05, 4.69) is 25.9 Å². The topological polar surface area (TPSA) is 317 Å². The molecule has 15 N–H and O–H groups in total. The molecule has 0 aromatic heterocycles. The molecule has 18 nitrogen and oxygen atoms in total. The third-order valence-electron chi connectivity index (χ3n) is 7.68. The van der Waals surface area contributed by atoms with Gasteiger partial charge in [-0.15, -0.1) is 0 Å². The largest absolute Gasteiger partial charge is 0.508 e. The summed E-state index contributed by atoms with van der Waals surface area (Å²) in [5.41, 5.74) is 17.6. The summed E-state index contributed by atoms with van der Waals surface area (Å²) < 4.78 is 0. The fraction of sp³-hybridized carbons (Fsp3) is 0.312. The second kappa shape index (κ2) is 17.3. The quantitative estimate of drug-likeness (QED) is 0.0501. The molecular formula is C32H42N10O8. The summed E-state index contributed by atoms with van der Waals surface area (Å²) in [6.45, 7) is -1.80. The van der Waals surface area contributed by atoms with Gasteiger partial charge in [0.2, 0.25) is 17.5 Å². The molecule has 0 radical (unpaired) electrons. The molecule has 3 atom stereocenters. The number of aromatic hydroxyl groups is 2. The van der Waals surface area contributed by atoms with Gasteiger partial charge in [0.1, 0.15) is 18.0 Å². The van der Waals surface area contributed by atoms with Gasteiger partial charge >= 0.3 is 0 Å². The maximum Gasteiger partial charge on any atom is 0.274 e. The van der Waals surface area contributed by atoms with Crippen LogP contribution >= 0.6 is 0 Å². The number of hydrogen-bond acceptors (Lipinski definition) is 10. The molecule has 1 fully saturated rings. The fourth-order valence-electron chi connectivity index (χ4n) is 5.30. The number of phenols is 2. The number of carbonyl (C=O) groups excluding carboxylic acids is 4. The lowest BCUT2D eigenvalue weighted by molar-refractivity contribution is -0.174. The Morgan fingerprint density at radius 1 is 0.800 bits per heavy atom. The van der Waals surface area contributed by atoms with Crippen LogP contribution in [0.5, 0.6) is 11.5 Å². The Kier molecular flexibility index (Phi) is 13.3. The Labute approximate surface area is 287 Å². The lowest BCUT2D eigenvalue weighted by atomic mass is 9.78. The van der Waals surface area contributed by atoms with Gasteiger partial charge in [0, 0.05) is 25.5 Å². The molecule has 2 aromatic carbocycles. The van der Waals surface area contributed by atoms with Crippen LogP contribution in [0.1, 0.15) is 30.4 Å². The van der Waals surface area contributed by atoms with Crippen molar-refractivity contribution in [3.8, 4) is 11.5 Å². The summed E-state index contributed by atoms with van der Waals surface area (Å²) >= 11 is 0. The van der Waals surface area contributed by atoms with Crippen molar-refractivity contribution in [2.45, 2.75) is 30.6 Å². The van der Waals surface area contributed by atoms with Crippen LogP contribution in [0.25, 0.3) is 12.2 Å². The number of benzene rings is 2. The molecule has 2 aromatic rings. The van der Waals surface area contributed by atoms with E-state index in [0.29, 0.717) is 16.0 Å². The normalized spacial score (nSPS) is 20.1. The van der Waals surface area contributed by atoms with Crippen molar-refractivity contribution in [3.63, 3.8) is 0 Å². The third kappa shape index (κ3) is 10.2. The zero-order chi connectivity index (χ0) is 36.9. The van der Waals surface area contributed by atoms with Gasteiger partial charge in [-0.3, -0.25) is 34.1 Å². The summed E-state index contributed by atoms with van der Waals surface area (Å²) in [5, 5.41) is 50.0. The molecule has 0 spiro atoms. The minimum atomic E-state index is -2.87. The van der Waals surface area contributed by atoms with Crippen LogP contribution in [0.15, 0.2) is 70.9 Å². The summed E-state index contributed by atoms with van der Waals surface area (Å²) in [6.07, 6.45) is 4.95. The third-order valence-corrected chi connectivity index (χ3v) is 7.68. The van der Waals surface area contributed by atoms with Crippen LogP contribution in [0.2, 0.25) is 0 Å². The lowest BCUT2D eigenvalue weighted by Crippen LogP contribution is -2.62. The van der Waals surface area contributed by atoms with Crippen molar-refractivity contribution in [3.05, 3.63) is 72.1 Å². The first kappa shape index (κ1) is 38.3. The standard InChI is InChI=1S/C32H42N10O8/c33-29(34)39-14-1-13-31(49)24(12-17-40-30(35)36)32(50,27(47)41-18-25(45)37-15-10-20-2-6-22(43)7-3-20)42(28(31)48)19-26(46)38-16-11-21-4-8-23(44)9-5-21/h2-11,15-16,24,43-44,49-50H,1,12-14,17-19H2,(H,37,45)(H,38,46)(H,41,47)(H4,33,34,39)(H4,35,36,40)/b15-10+,16-11+/t24-,31+,32+/m0/s1. The molecule has 4 amide bonds. The number of nitrogens with two attached hydrogens (primary N) is 4. The number of aliphatic hydroxyl groups is 2. The molecule has 0 bridgehead atoms. The van der Waals surface area contributed by atoms with Gasteiger partial charge in [0.25, 0.3) is 11.8 Å². The molecule has 268 valence electrons. The highest BCUT2D eigenvalue weighted by atomic mass is 16.4. The predicted octanol–water partition coefficient (Wildman–Crippen LogP) is -2.32. The average Bonchev–Trinajstić information content (AvgIpc) is 3.22. The Balaban J connectivity index is 1.87. The van der Waals surface area contributed by atoms with Crippen molar-refractivity contribution in [2.24, 2.45) is 38.8 Å². The second-order valence-electron chi connectivity index (χ2n) is 11.3. The first-order valence-electron chi connectivity index (χ1n) is 15.3. The van der Waals surface area contributed by atoms with E-state index in [1.54, 1.807) is 24.3 Å². The molecule has 0 unspecified atom stereocenters. The summed E-state index contributed by atoms with van der Waals surface area (Å²) in [5.74, 6) is -6.02. The highest BCUT2D eigenvalue weighted by Gasteiger charge is 2.68. The minimum absolute atomic E-state index is 0.0104. The van der Waals surface area contributed by atoms with E-state index >= 15 is 0 Å². The fourth-order valence-corrected chi connectivity index (χ4v) is 5.30. The number of rotatable bonds is 16. The van der Waals surface area contributed by atoms with E-state index in [1.165, 1.54) is 48.8 Å². The Morgan fingerprint density at radius 2 is 1.30 bits per heavy atom. The number of guanidine groups is 2. The average molecular weight is 695 g/mol. The van der Waals surface area contributed by atoms with Gasteiger partial charge in [-0.05, 0) is 66.8 Å². The smallest absolute Gasteiger partial charge is 0.274 e. The molecule has 1 aliphatic heterocycles. The van der Waals surface area contributed by atoms with Crippen molar-refractivity contribution < 1.29 is 39.6 Å². The number of nitrogens with one attached hydrogen (secondary N) is 3. The molecule has 50 heavy (non-hydrogen) atoms. The minimum Gasteiger partial charge on any atom is -0.508 e. The van der Waals surface area contributed by atoms with Crippen molar-refractivity contribution in [2.75, 3.05) is 26.2 Å². The molecule has 1 heterocycles. The van der Waals surface area contributed by atoms with Crippen LogP contribution in [0, 0.1) is 5.92 Å². The molecular weight excluding hydrogens is 652 g/mol. The summed E-state index contributed by atoms with van der Waals surface area (Å²) in [6, 6.07) is 12.1.